The lowest BCUT2D eigenvalue weighted by Gasteiger charge is -2.25. The summed E-state index contributed by atoms with van der Waals surface area (Å²) in [6.45, 7) is 4.84. The van der Waals surface area contributed by atoms with Crippen LogP contribution in [0.5, 0.6) is 0 Å². The van der Waals surface area contributed by atoms with Crippen LogP contribution in [0.4, 0.5) is 0 Å². The predicted molar refractivity (Wildman–Crippen MR) is 62.2 cm³/mol. The fraction of sp³-hybridized carbons (Fsp3) is 0.818. The summed E-state index contributed by atoms with van der Waals surface area (Å²) in [5, 5.41) is 11.4. The van der Waals surface area contributed by atoms with Crippen molar-refractivity contribution in [3.63, 3.8) is 0 Å². The number of hydrogen-bond acceptors (Lipinski definition) is 3. The van der Waals surface area contributed by atoms with Gasteiger partial charge in [0.25, 0.3) is 0 Å². The minimum Gasteiger partial charge on any atom is -0.409 e. The number of amides is 1. The van der Waals surface area contributed by atoms with Gasteiger partial charge < -0.3 is 15.8 Å². The molecule has 0 aromatic heterocycles. The Labute approximate surface area is 96.3 Å². The second kappa shape index (κ2) is 5.72. The van der Waals surface area contributed by atoms with Crippen LogP contribution in [0.2, 0.25) is 0 Å². The first-order chi connectivity index (χ1) is 7.60. The van der Waals surface area contributed by atoms with Gasteiger partial charge in [-0.15, -0.1) is 0 Å². The molecule has 0 saturated heterocycles. The molecule has 5 nitrogen and oxygen atoms in total. The smallest absolute Gasteiger partial charge is 0.226 e. The topological polar surface area (TPSA) is 78.9 Å². The molecule has 1 saturated carbocycles. The minimum atomic E-state index is 0.0841. The highest BCUT2D eigenvalue weighted by molar-refractivity contribution is 5.87. The molecule has 2 unspecified atom stereocenters. The molecule has 2 atom stereocenters. The highest BCUT2D eigenvalue weighted by atomic mass is 16.4. The van der Waals surface area contributed by atoms with Crippen molar-refractivity contribution < 1.29 is 10.0 Å². The number of nitrogens with zero attached hydrogens (tertiary/aromatic N) is 2. The molecule has 0 spiro atoms. The maximum absolute atomic E-state index is 12.2. The number of oxime groups is 1. The zero-order valence-corrected chi connectivity index (χ0v) is 10.0. The zero-order chi connectivity index (χ0) is 12.1. The fourth-order valence-electron chi connectivity index (χ4n) is 2.32. The van der Waals surface area contributed by atoms with Crippen LogP contribution in [-0.2, 0) is 4.79 Å². The monoisotopic (exact) mass is 227 g/mol. The van der Waals surface area contributed by atoms with E-state index in [1.54, 1.807) is 4.90 Å². The van der Waals surface area contributed by atoms with Crippen molar-refractivity contribution in [2.24, 2.45) is 22.7 Å². The van der Waals surface area contributed by atoms with Crippen LogP contribution < -0.4 is 5.73 Å². The van der Waals surface area contributed by atoms with Crippen molar-refractivity contribution in [3.8, 4) is 0 Å². The number of rotatable bonds is 4. The van der Waals surface area contributed by atoms with E-state index in [4.69, 9.17) is 10.9 Å². The second-order valence-corrected chi connectivity index (χ2v) is 4.46. The van der Waals surface area contributed by atoms with Crippen molar-refractivity contribution >= 4 is 11.7 Å². The lowest BCUT2D eigenvalue weighted by Crippen LogP contribution is -2.42. The highest BCUT2D eigenvalue weighted by Crippen LogP contribution is 2.32. The molecular weight excluding hydrogens is 206 g/mol. The summed E-state index contributed by atoms with van der Waals surface area (Å²) in [6.07, 6.45) is 3.21. The average Bonchev–Trinajstić information content (AvgIpc) is 2.71. The van der Waals surface area contributed by atoms with Gasteiger partial charge in [-0.1, -0.05) is 18.5 Å². The van der Waals surface area contributed by atoms with Crippen LogP contribution in [0.25, 0.3) is 0 Å². The summed E-state index contributed by atoms with van der Waals surface area (Å²) < 4.78 is 0. The normalized spacial score (nSPS) is 25.8. The number of nitrogens with two attached hydrogens (primary N) is 1. The van der Waals surface area contributed by atoms with E-state index in [0.29, 0.717) is 12.5 Å². The Balaban J connectivity index is 2.62. The second-order valence-electron chi connectivity index (χ2n) is 4.46. The van der Waals surface area contributed by atoms with Crippen molar-refractivity contribution in [2.75, 3.05) is 13.1 Å². The Bertz CT molecular complexity index is 278. The third kappa shape index (κ3) is 2.87. The van der Waals surface area contributed by atoms with E-state index in [1.165, 1.54) is 0 Å². The summed E-state index contributed by atoms with van der Waals surface area (Å²) in [7, 11) is 0. The van der Waals surface area contributed by atoms with Gasteiger partial charge in [0.05, 0.1) is 6.54 Å². The zero-order valence-electron chi connectivity index (χ0n) is 10.0. The number of carbonyl (C=O) groups excluding carboxylic acids is 1. The first-order valence-electron chi connectivity index (χ1n) is 5.85. The third-order valence-electron chi connectivity index (χ3n) is 3.35. The largest absolute Gasteiger partial charge is 0.409 e. The van der Waals surface area contributed by atoms with Gasteiger partial charge in [0.15, 0.2) is 5.84 Å². The first kappa shape index (κ1) is 12.8. The van der Waals surface area contributed by atoms with E-state index in [0.717, 1.165) is 19.3 Å². The molecule has 0 aromatic carbocycles. The van der Waals surface area contributed by atoms with Crippen LogP contribution in [0.15, 0.2) is 5.16 Å². The van der Waals surface area contributed by atoms with Gasteiger partial charge in [0.2, 0.25) is 5.91 Å². The van der Waals surface area contributed by atoms with Gasteiger partial charge in [-0.25, -0.2) is 0 Å². The van der Waals surface area contributed by atoms with Crippen molar-refractivity contribution in [1.29, 1.82) is 0 Å². The molecule has 1 fully saturated rings. The van der Waals surface area contributed by atoms with E-state index < -0.39 is 0 Å². The molecule has 0 aromatic rings. The number of carbonyl (C=O) groups is 1. The lowest BCUT2D eigenvalue weighted by atomic mass is 9.96. The van der Waals surface area contributed by atoms with Crippen LogP contribution >= 0.6 is 0 Å². The average molecular weight is 227 g/mol. The molecule has 16 heavy (non-hydrogen) atoms. The van der Waals surface area contributed by atoms with Gasteiger partial charge in [0.1, 0.15) is 0 Å². The lowest BCUT2D eigenvalue weighted by molar-refractivity contribution is -0.135. The van der Waals surface area contributed by atoms with Crippen LogP contribution in [-0.4, -0.2) is 34.9 Å². The number of hydrogen-bond donors (Lipinski definition) is 2. The van der Waals surface area contributed by atoms with E-state index in [-0.39, 0.29) is 24.2 Å². The Morgan fingerprint density at radius 3 is 2.69 bits per heavy atom. The molecule has 1 aliphatic carbocycles. The Hall–Kier alpha value is -1.26. The summed E-state index contributed by atoms with van der Waals surface area (Å²) in [5.41, 5.74) is 5.43. The molecule has 1 rings (SSSR count). The molecule has 5 heteroatoms. The fourth-order valence-corrected chi connectivity index (χ4v) is 2.32. The van der Waals surface area contributed by atoms with Crippen LogP contribution in [0.3, 0.4) is 0 Å². The summed E-state index contributed by atoms with van der Waals surface area (Å²) in [4.78, 5) is 13.8. The van der Waals surface area contributed by atoms with Gasteiger partial charge in [-0.2, -0.15) is 0 Å². The summed E-state index contributed by atoms with van der Waals surface area (Å²) >= 11 is 0. The molecule has 0 aliphatic heterocycles. The Morgan fingerprint density at radius 1 is 1.56 bits per heavy atom. The maximum Gasteiger partial charge on any atom is 0.226 e. The Kier molecular flexibility index (Phi) is 4.58. The number of likely N-dealkylation sites (N-methyl/N-ethyl adjacent to an activating group) is 1. The van der Waals surface area contributed by atoms with Crippen molar-refractivity contribution in [2.45, 2.75) is 33.1 Å². The van der Waals surface area contributed by atoms with Crippen molar-refractivity contribution in [3.05, 3.63) is 0 Å². The van der Waals surface area contributed by atoms with Gasteiger partial charge in [-0.3, -0.25) is 4.79 Å². The van der Waals surface area contributed by atoms with Gasteiger partial charge in [0, 0.05) is 12.5 Å². The van der Waals surface area contributed by atoms with E-state index in [9.17, 15) is 4.79 Å². The third-order valence-corrected chi connectivity index (χ3v) is 3.35. The molecule has 3 N–H and O–H groups in total. The van der Waals surface area contributed by atoms with Crippen LogP contribution in [0, 0.1) is 11.8 Å². The number of amidine groups is 1. The standard InChI is InChI=1S/C11H21N3O2/c1-3-14(7-10(12)13-16)11(15)9-6-4-5-8(9)2/h8-9,16H,3-7H2,1-2H3,(H2,12,13). The van der Waals surface area contributed by atoms with E-state index in [2.05, 4.69) is 12.1 Å². The van der Waals surface area contributed by atoms with Gasteiger partial charge >= 0.3 is 0 Å². The SMILES string of the molecule is CCN(CC(N)=NO)C(=O)C1CCCC1C. The summed E-state index contributed by atoms with van der Waals surface area (Å²) in [6, 6.07) is 0. The molecule has 1 aliphatic rings. The van der Waals surface area contributed by atoms with E-state index in [1.807, 2.05) is 6.92 Å². The molecule has 0 heterocycles. The molecule has 0 bridgehead atoms. The van der Waals surface area contributed by atoms with E-state index >= 15 is 0 Å². The first-order valence-corrected chi connectivity index (χ1v) is 5.85. The Morgan fingerprint density at radius 2 is 2.25 bits per heavy atom. The minimum absolute atomic E-state index is 0.0841. The molecule has 0 radical (unpaired) electrons. The van der Waals surface area contributed by atoms with Gasteiger partial charge in [-0.05, 0) is 25.7 Å². The maximum atomic E-state index is 12.2. The molecular formula is C11H21N3O2. The quantitative estimate of drug-likeness (QED) is 0.326. The van der Waals surface area contributed by atoms with Crippen LogP contribution in [0.1, 0.15) is 33.1 Å². The summed E-state index contributed by atoms with van der Waals surface area (Å²) in [5.74, 6) is 0.792. The highest BCUT2D eigenvalue weighted by Gasteiger charge is 2.32. The predicted octanol–water partition coefficient (Wildman–Crippen LogP) is 1.02. The molecule has 1 amide bonds. The van der Waals surface area contributed by atoms with Crippen molar-refractivity contribution in [1.82, 2.24) is 4.90 Å². The molecule has 92 valence electrons.